The van der Waals surface area contributed by atoms with Gasteiger partial charge in [0.15, 0.2) is 23.1 Å². The van der Waals surface area contributed by atoms with Crippen LogP contribution in [0.2, 0.25) is 0 Å². The summed E-state index contributed by atoms with van der Waals surface area (Å²) in [4.78, 5) is 20.0. The molecule has 0 unspecified atom stereocenters. The molecule has 248 valence electrons. The van der Waals surface area contributed by atoms with Crippen molar-refractivity contribution in [3.05, 3.63) is 158 Å². The van der Waals surface area contributed by atoms with Crippen LogP contribution in [0, 0.1) is 0 Å². The number of furan rings is 1. The van der Waals surface area contributed by atoms with E-state index in [-0.39, 0.29) is 0 Å². The van der Waals surface area contributed by atoms with Crippen LogP contribution in [0.4, 0.5) is 0 Å². The van der Waals surface area contributed by atoms with E-state index >= 15 is 0 Å². The fourth-order valence-corrected chi connectivity index (χ4v) is 8.38. The maximum atomic E-state index is 6.12. The first-order valence-electron chi connectivity index (χ1n) is 17.4. The summed E-state index contributed by atoms with van der Waals surface area (Å²) in [6.45, 7) is 0. The molecule has 0 spiro atoms. The highest BCUT2D eigenvalue weighted by molar-refractivity contribution is 7.26. The highest BCUT2D eigenvalue weighted by Crippen LogP contribution is 2.42. The summed E-state index contributed by atoms with van der Waals surface area (Å²) in [7, 11) is 0. The van der Waals surface area contributed by atoms with Crippen LogP contribution in [0.5, 0.6) is 0 Å². The summed E-state index contributed by atoms with van der Waals surface area (Å²) in [6.07, 6.45) is 0. The first-order valence-corrected chi connectivity index (χ1v) is 18.2. The molecule has 11 aromatic rings. The highest BCUT2D eigenvalue weighted by atomic mass is 32.1. The zero-order valence-electron chi connectivity index (χ0n) is 28.0. The predicted octanol–water partition coefficient (Wildman–Crippen LogP) is 12.6. The molecule has 0 saturated carbocycles. The third kappa shape index (κ3) is 5.01. The first-order chi connectivity index (χ1) is 26.2. The van der Waals surface area contributed by atoms with Gasteiger partial charge >= 0.3 is 0 Å². The number of nitrogens with zero attached hydrogens (tertiary/aromatic N) is 4. The van der Waals surface area contributed by atoms with E-state index in [1.54, 1.807) is 11.3 Å². The topological polar surface area (TPSA) is 77.8 Å². The van der Waals surface area contributed by atoms with Crippen LogP contribution in [-0.2, 0) is 0 Å². The minimum Gasteiger partial charge on any atom is -0.456 e. The van der Waals surface area contributed by atoms with E-state index in [4.69, 9.17) is 28.8 Å². The maximum Gasteiger partial charge on any atom is 0.227 e. The number of benzene rings is 7. The van der Waals surface area contributed by atoms with Crippen LogP contribution < -0.4 is 0 Å². The van der Waals surface area contributed by atoms with Crippen LogP contribution in [0.25, 0.3) is 110 Å². The van der Waals surface area contributed by atoms with Crippen molar-refractivity contribution < 1.29 is 8.83 Å². The predicted molar refractivity (Wildman–Crippen MR) is 215 cm³/mol. The van der Waals surface area contributed by atoms with Crippen molar-refractivity contribution >= 4 is 64.5 Å². The minimum atomic E-state index is 0.611. The normalized spacial score (nSPS) is 11.8. The van der Waals surface area contributed by atoms with Crippen LogP contribution >= 0.6 is 11.3 Å². The number of oxazole rings is 1. The van der Waals surface area contributed by atoms with E-state index in [0.717, 1.165) is 76.5 Å². The van der Waals surface area contributed by atoms with E-state index < -0.39 is 0 Å². The molecule has 0 aliphatic rings. The monoisotopic (exact) mass is 698 g/mol. The highest BCUT2D eigenvalue weighted by Gasteiger charge is 2.18. The number of para-hydroxylation sites is 3. The molecule has 0 atom stereocenters. The Morgan fingerprint density at radius 2 is 1.04 bits per heavy atom. The lowest BCUT2D eigenvalue weighted by molar-refractivity contribution is 0.620. The van der Waals surface area contributed by atoms with Crippen molar-refractivity contribution in [2.24, 2.45) is 0 Å². The average Bonchev–Trinajstić information content (AvgIpc) is 3.94. The summed E-state index contributed by atoms with van der Waals surface area (Å²) < 4.78 is 14.5. The quantitative estimate of drug-likeness (QED) is 0.178. The molecule has 53 heavy (non-hydrogen) atoms. The molecule has 0 radical (unpaired) electrons. The van der Waals surface area contributed by atoms with Crippen molar-refractivity contribution in [3.8, 4) is 56.7 Å². The average molecular weight is 699 g/mol. The second-order valence-electron chi connectivity index (χ2n) is 13.0. The lowest BCUT2D eigenvalue weighted by Crippen LogP contribution is -2.00. The third-order valence-corrected chi connectivity index (χ3v) is 11.0. The maximum absolute atomic E-state index is 6.12. The second kappa shape index (κ2) is 11.8. The summed E-state index contributed by atoms with van der Waals surface area (Å²) in [5.74, 6) is 2.49. The Labute approximate surface area is 306 Å². The second-order valence-corrected chi connectivity index (χ2v) is 14.1. The van der Waals surface area contributed by atoms with Gasteiger partial charge in [-0.25, -0.2) is 19.9 Å². The SMILES string of the molecule is c1ccc(-c2nc(-c3ccc4oc5ccccc5c4c3)nc(-c3cccc4c3sc3ccc(-c5cccc(-c6nc7ccccc7o6)c5)cc34)n2)cc1. The minimum absolute atomic E-state index is 0.611. The summed E-state index contributed by atoms with van der Waals surface area (Å²) in [6, 6.07) is 53.7. The molecule has 0 aliphatic heterocycles. The fourth-order valence-electron chi connectivity index (χ4n) is 7.19. The van der Waals surface area contributed by atoms with E-state index in [1.165, 1.54) is 10.1 Å². The molecular weight excluding hydrogens is 673 g/mol. The van der Waals surface area contributed by atoms with Gasteiger partial charge in [0.25, 0.3) is 0 Å². The fraction of sp³-hybridized carbons (Fsp3) is 0. The van der Waals surface area contributed by atoms with Crippen molar-refractivity contribution in [1.82, 2.24) is 19.9 Å². The van der Waals surface area contributed by atoms with Crippen molar-refractivity contribution in [2.45, 2.75) is 0 Å². The Morgan fingerprint density at radius 3 is 1.94 bits per heavy atom. The Kier molecular flexibility index (Phi) is 6.62. The van der Waals surface area contributed by atoms with E-state index in [2.05, 4.69) is 66.7 Å². The molecule has 7 heteroatoms. The number of hydrogen-bond donors (Lipinski definition) is 0. The van der Waals surface area contributed by atoms with Crippen LogP contribution in [0.1, 0.15) is 0 Å². The zero-order valence-corrected chi connectivity index (χ0v) is 28.8. The van der Waals surface area contributed by atoms with Gasteiger partial charge in [0.2, 0.25) is 5.89 Å². The number of aromatic nitrogens is 4. The number of rotatable bonds is 5. The van der Waals surface area contributed by atoms with Crippen LogP contribution in [0.15, 0.2) is 167 Å². The third-order valence-electron chi connectivity index (χ3n) is 9.78. The molecule has 0 N–H and O–H groups in total. The van der Waals surface area contributed by atoms with Gasteiger partial charge in [-0.15, -0.1) is 11.3 Å². The van der Waals surface area contributed by atoms with Gasteiger partial charge in [-0.05, 0) is 77.9 Å². The molecule has 0 bridgehead atoms. The Bertz CT molecular complexity index is 3160. The molecule has 0 fully saturated rings. The van der Waals surface area contributed by atoms with Crippen LogP contribution in [0.3, 0.4) is 0 Å². The van der Waals surface area contributed by atoms with Crippen molar-refractivity contribution in [2.75, 3.05) is 0 Å². The largest absolute Gasteiger partial charge is 0.456 e. The van der Waals surface area contributed by atoms with Gasteiger partial charge in [-0.1, -0.05) is 91.0 Å². The number of fused-ring (bicyclic) bond motifs is 7. The van der Waals surface area contributed by atoms with Gasteiger partial charge in [0.1, 0.15) is 16.7 Å². The standard InChI is InChI=1S/C46H26N4O2S/c1-2-10-27(11-3-1)43-48-44(30-20-22-39-35(26-30)32-14-4-6-18-38(32)51-39)50-45(49-43)34-16-9-15-33-36-25-29(21-23-41(36)53-42(33)34)28-12-8-13-31(24-28)46-47-37-17-5-7-19-40(37)52-46/h1-26H. The van der Waals surface area contributed by atoms with Crippen molar-refractivity contribution in [1.29, 1.82) is 0 Å². The number of hydrogen-bond acceptors (Lipinski definition) is 7. The Hall–Kier alpha value is -6.96. The van der Waals surface area contributed by atoms with Crippen molar-refractivity contribution in [3.63, 3.8) is 0 Å². The van der Waals surface area contributed by atoms with Gasteiger partial charge in [0, 0.05) is 53.2 Å². The van der Waals surface area contributed by atoms with Gasteiger partial charge < -0.3 is 8.83 Å². The lowest BCUT2D eigenvalue weighted by Gasteiger charge is -2.09. The van der Waals surface area contributed by atoms with Crippen LogP contribution in [-0.4, -0.2) is 19.9 Å². The summed E-state index contributed by atoms with van der Waals surface area (Å²) in [5, 5.41) is 4.44. The molecule has 0 aliphatic carbocycles. The number of thiophene rings is 1. The van der Waals surface area contributed by atoms with Gasteiger partial charge in [0.05, 0.1) is 0 Å². The first kappa shape index (κ1) is 29.7. The van der Waals surface area contributed by atoms with Gasteiger partial charge in [-0.3, -0.25) is 0 Å². The molecule has 4 heterocycles. The molecular formula is C46H26N4O2S. The lowest BCUT2D eigenvalue weighted by atomic mass is 10.0. The molecule has 4 aromatic heterocycles. The molecule has 7 aromatic carbocycles. The smallest absolute Gasteiger partial charge is 0.227 e. The van der Waals surface area contributed by atoms with Gasteiger partial charge in [-0.2, -0.15) is 0 Å². The molecule has 0 amide bonds. The van der Waals surface area contributed by atoms with E-state index in [1.807, 2.05) is 91.0 Å². The summed E-state index contributed by atoms with van der Waals surface area (Å²) >= 11 is 1.76. The Balaban J connectivity index is 1.04. The van der Waals surface area contributed by atoms with E-state index in [9.17, 15) is 0 Å². The Morgan fingerprint density at radius 1 is 0.377 bits per heavy atom. The molecule has 0 saturated heterocycles. The molecule has 11 rings (SSSR count). The van der Waals surface area contributed by atoms with E-state index in [0.29, 0.717) is 23.4 Å². The summed E-state index contributed by atoms with van der Waals surface area (Å²) in [5.41, 5.74) is 9.29. The molecule has 6 nitrogen and oxygen atoms in total. The zero-order chi connectivity index (χ0) is 34.9.